The molecular weight excluding hydrogens is 375 g/mol. The summed E-state index contributed by atoms with van der Waals surface area (Å²) in [5, 5.41) is 14.6. The zero-order valence-electron chi connectivity index (χ0n) is 16.0. The number of aromatic nitrogens is 3. The van der Waals surface area contributed by atoms with Crippen LogP contribution in [0.3, 0.4) is 0 Å². The maximum atomic E-state index is 13.8. The summed E-state index contributed by atoms with van der Waals surface area (Å²) >= 11 is 0. The van der Waals surface area contributed by atoms with Crippen LogP contribution in [0.25, 0.3) is 5.69 Å². The molecule has 3 N–H and O–H groups in total. The Labute approximate surface area is 167 Å². The topological polar surface area (TPSA) is 95.4 Å². The van der Waals surface area contributed by atoms with Crippen LogP contribution >= 0.6 is 0 Å². The third-order valence-electron chi connectivity index (χ3n) is 5.08. The van der Waals surface area contributed by atoms with Crippen LogP contribution in [-0.4, -0.2) is 39.1 Å². The minimum Gasteiger partial charge on any atom is -0.497 e. The van der Waals surface area contributed by atoms with Crippen LogP contribution in [0, 0.1) is 5.82 Å². The highest BCUT2D eigenvalue weighted by Crippen LogP contribution is 2.34. The number of ether oxygens (including phenoxy) is 2. The molecule has 1 aliphatic rings. The highest BCUT2D eigenvalue weighted by molar-refractivity contribution is 5.34. The van der Waals surface area contributed by atoms with Gasteiger partial charge < -0.3 is 20.3 Å². The van der Waals surface area contributed by atoms with Crippen molar-refractivity contribution in [3.05, 3.63) is 66.0 Å². The van der Waals surface area contributed by atoms with Gasteiger partial charge in [-0.1, -0.05) is 12.1 Å². The molecule has 0 aliphatic heterocycles. The lowest BCUT2D eigenvalue weighted by atomic mass is 10.1. The minimum absolute atomic E-state index is 0.0682. The number of methoxy groups -OCH3 is 1. The van der Waals surface area contributed by atoms with Crippen molar-refractivity contribution in [3.63, 3.8) is 0 Å². The molecule has 4 rings (SSSR count). The third kappa shape index (κ3) is 4.23. The maximum Gasteiger partial charge on any atom is 0.188 e. The van der Waals surface area contributed by atoms with Gasteiger partial charge in [-0.3, -0.25) is 0 Å². The van der Waals surface area contributed by atoms with Gasteiger partial charge in [0.25, 0.3) is 0 Å². The molecule has 1 saturated carbocycles. The molecule has 1 heterocycles. The van der Waals surface area contributed by atoms with Crippen LogP contribution in [0.2, 0.25) is 0 Å². The fourth-order valence-corrected chi connectivity index (χ4v) is 3.59. The smallest absolute Gasteiger partial charge is 0.188 e. The largest absolute Gasteiger partial charge is 0.497 e. The zero-order chi connectivity index (χ0) is 20.4. The van der Waals surface area contributed by atoms with Crippen LogP contribution in [0.5, 0.6) is 11.5 Å². The monoisotopic (exact) mass is 398 g/mol. The van der Waals surface area contributed by atoms with E-state index in [0.29, 0.717) is 41.7 Å². The number of aliphatic hydroxyl groups is 1. The summed E-state index contributed by atoms with van der Waals surface area (Å²) in [4.78, 5) is 4.63. The number of benzene rings is 2. The molecule has 0 bridgehead atoms. The first-order valence-corrected chi connectivity index (χ1v) is 9.46. The Bertz CT molecular complexity index is 984. The molecule has 1 fully saturated rings. The van der Waals surface area contributed by atoms with E-state index in [2.05, 4.69) is 10.1 Å². The quantitative estimate of drug-likeness (QED) is 0.663. The zero-order valence-corrected chi connectivity index (χ0v) is 16.0. The molecule has 3 atom stereocenters. The second-order valence-electron chi connectivity index (χ2n) is 7.15. The van der Waals surface area contributed by atoms with E-state index in [9.17, 15) is 9.50 Å². The number of halogens is 1. The summed E-state index contributed by atoms with van der Waals surface area (Å²) in [6.07, 6.45) is 0.491. The van der Waals surface area contributed by atoms with Gasteiger partial charge in [-0.15, -0.1) is 5.10 Å². The molecule has 2 aromatic carbocycles. The van der Waals surface area contributed by atoms with Crippen LogP contribution in [0.1, 0.15) is 30.4 Å². The van der Waals surface area contributed by atoms with Crippen molar-refractivity contribution in [1.82, 2.24) is 14.8 Å². The van der Waals surface area contributed by atoms with Gasteiger partial charge in [0.05, 0.1) is 18.9 Å². The van der Waals surface area contributed by atoms with Crippen LogP contribution in [0.15, 0.2) is 48.5 Å². The Kier molecular flexibility index (Phi) is 5.46. The van der Waals surface area contributed by atoms with Gasteiger partial charge >= 0.3 is 0 Å². The fourth-order valence-electron chi connectivity index (χ4n) is 3.59. The van der Waals surface area contributed by atoms with Crippen LogP contribution in [-0.2, 0) is 6.61 Å². The minimum atomic E-state index is -0.589. The van der Waals surface area contributed by atoms with Crippen molar-refractivity contribution in [2.75, 3.05) is 7.11 Å². The van der Waals surface area contributed by atoms with Crippen molar-refractivity contribution in [3.8, 4) is 17.2 Å². The van der Waals surface area contributed by atoms with E-state index in [1.54, 1.807) is 30.0 Å². The van der Waals surface area contributed by atoms with E-state index in [4.69, 9.17) is 15.2 Å². The van der Waals surface area contributed by atoms with Gasteiger partial charge in [0, 0.05) is 18.0 Å². The summed E-state index contributed by atoms with van der Waals surface area (Å²) in [7, 11) is 1.59. The number of nitrogens with two attached hydrogens (primary N) is 1. The Morgan fingerprint density at radius 1 is 1.17 bits per heavy atom. The third-order valence-corrected chi connectivity index (χ3v) is 5.08. The highest BCUT2D eigenvalue weighted by atomic mass is 19.1. The average Bonchev–Trinajstić information content (AvgIpc) is 3.30. The molecule has 0 saturated heterocycles. The predicted octanol–water partition coefficient (Wildman–Crippen LogP) is 2.56. The second kappa shape index (κ2) is 8.18. The Balaban J connectivity index is 1.62. The van der Waals surface area contributed by atoms with Gasteiger partial charge in [0.1, 0.15) is 29.7 Å². The van der Waals surface area contributed by atoms with Crippen molar-refractivity contribution < 1.29 is 19.0 Å². The Morgan fingerprint density at radius 2 is 1.97 bits per heavy atom. The molecule has 0 spiro atoms. The van der Waals surface area contributed by atoms with E-state index in [0.717, 1.165) is 0 Å². The first-order valence-electron chi connectivity index (χ1n) is 9.46. The summed E-state index contributed by atoms with van der Waals surface area (Å²) in [5.74, 6) is 2.00. The predicted molar refractivity (Wildman–Crippen MR) is 105 cm³/mol. The van der Waals surface area contributed by atoms with Crippen molar-refractivity contribution >= 4 is 0 Å². The summed E-state index contributed by atoms with van der Waals surface area (Å²) in [6.45, 7) is 0.143. The Morgan fingerprint density at radius 3 is 2.69 bits per heavy atom. The van der Waals surface area contributed by atoms with Crippen molar-refractivity contribution in [2.24, 2.45) is 5.73 Å². The van der Waals surface area contributed by atoms with E-state index in [1.807, 2.05) is 18.2 Å². The van der Waals surface area contributed by atoms with Gasteiger partial charge in [-0.05, 0) is 43.2 Å². The Hall–Kier alpha value is -2.97. The molecule has 0 unspecified atom stereocenters. The number of nitrogens with zero attached hydrogens (tertiary/aromatic N) is 3. The molecule has 0 amide bonds. The normalized spacial score (nSPS) is 21.3. The standard InChI is InChI=1S/C21H23FN4O3/c1-28-16-6-3-7-17(11-16)29-12-20-24-21(13-8-18(23)19(27)9-13)26(25-20)15-5-2-4-14(22)10-15/h2-7,10-11,13,18-19,27H,8-9,12,23H2,1H3/t13-,18+,19+/m0/s1. The second-order valence-corrected chi connectivity index (χ2v) is 7.15. The lowest BCUT2D eigenvalue weighted by molar-refractivity contribution is 0.163. The molecule has 1 aromatic heterocycles. The van der Waals surface area contributed by atoms with Crippen molar-refractivity contribution in [1.29, 1.82) is 0 Å². The summed E-state index contributed by atoms with van der Waals surface area (Å²) in [6, 6.07) is 13.1. The average molecular weight is 398 g/mol. The summed E-state index contributed by atoms with van der Waals surface area (Å²) in [5.41, 5.74) is 6.55. The van der Waals surface area contributed by atoms with E-state index in [1.165, 1.54) is 12.1 Å². The van der Waals surface area contributed by atoms with E-state index >= 15 is 0 Å². The first-order chi connectivity index (χ1) is 14.0. The fraction of sp³-hybridized carbons (Fsp3) is 0.333. The van der Waals surface area contributed by atoms with E-state index < -0.39 is 6.10 Å². The molecule has 7 nitrogen and oxygen atoms in total. The molecule has 8 heteroatoms. The first kappa shape index (κ1) is 19.4. The van der Waals surface area contributed by atoms with Crippen LogP contribution in [0.4, 0.5) is 4.39 Å². The number of hydrogen-bond acceptors (Lipinski definition) is 6. The van der Waals surface area contributed by atoms with Gasteiger partial charge in [0.15, 0.2) is 5.82 Å². The molecule has 152 valence electrons. The molecule has 1 aliphatic carbocycles. The van der Waals surface area contributed by atoms with E-state index in [-0.39, 0.29) is 24.4 Å². The SMILES string of the molecule is COc1cccc(OCc2nc([C@H]3C[C@@H](N)[C@H](O)C3)n(-c3cccc(F)c3)n2)c1. The summed E-state index contributed by atoms with van der Waals surface area (Å²) < 4.78 is 26.4. The highest BCUT2D eigenvalue weighted by Gasteiger charge is 2.35. The molecule has 0 radical (unpaired) electrons. The van der Waals surface area contributed by atoms with Crippen LogP contribution < -0.4 is 15.2 Å². The maximum absolute atomic E-state index is 13.8. The molecular formula is C21H23FN4O3. The van der Waals surface area contributed by atoms with Gasteiger partial charge in [-0.25, -0.2) is 14.1 Å². The van der Waals surface area contributed by atoms with Gasteiger partial charge in [0.2, 0.25) is 0 Å². The lowest BCUT2D eigenvalue weighted by Gasteiger charge is -2.11. The molecule has 29 heavy (non-hydrogen) atoms. The lowest BCUT2D eigenvalue weighted by Crippen LogP contribution is -2.28. The molecule has 3 aromatic rings. The number of hydrogen-bond donors (Lipinski definition) is 2. The van der Waals surface area contributed by atoms with Gasteiger partial charge in [-0.2, -0.15) is 0 Å². The van der Waals surface area contributed by atoms with Crippen molar-refractivity contribution in [2.45, 2.75) is 37.5 Å². The number of rotatable bonds is 6. The number of aliphatic hydroxyl groups excluding tert-OH is 1.